The van der Waals surface area contributed by atoms with E-state index in [4.69, 9.17) is 0 Å². The minimum Gasteiger partial charge on any atom is -0.338 e. The number of carbonyl (C=O) groups is 2. The first-order chi connectivity index (χ1) is 10.1. The van der Waals surface area contributed by atoms with E-state index in [0.29, 0.717) is 13.0 Å². The minimum absolute atomic E-state index is 0.129. The van der Waals surface area contributed by atoms with Gasteiger partial charge in [-0.3, -0.25) is 4.79 Å². The number of benzene rings is 1. The van der Waals surface area contributed by atoms with Crippen LogP contribution in [0.1, 0.15) is 18.9 Å². The van der Waals surface area contributed by atoms with E-state index in [0.717, 1.165) is 11.3 Å². The van der Waals surface area contributed by atoms with Crippen molar-refractivity contribution in [3.05, 3.63) is 29.8 Å². The molecule has 2 aliphatic heterocycles. The Morgan fingerprint density at radius 3 is 3.05 bits per heavy atom. The Labute approximate surface area is 122 Å². The molecule has 108 valence electrons. The number of nitriles is 1. The molecule has 2 aliphatic rings. The minimum atomic E-state index is -0.804. The van der Waals surface area contributed by atoms with Gasteiger partial charge < -0.3 is 15.5 Å². The predicted molar refractivity (Wildman–Crippen MR) is 76.5 cm³/mol. The van der Waals surface area contributed by atoms with Gasteiger partial charge in [0.05, 0.1) is 11.5 Å². The van der Waals surface area contributed by atoms with Crippen LogP contribution in [0, 0.1) is 11.3 Å². The summed E-state index contributed by atoms with van der Waals surface area (Å²) in [6.07, 6.45) is 0.337. The van der Waals surface area contributed by atoms with E-state index in [1.807, 2.05) is 31.2 Å². The van der Waals surface area contributed by atoms with Gasteiger partial charge in [-0.2, -0.15) is 5.26 Å². The fraction of sp³-hybridized carbons (Fsp3) is 0.400. The van der Waals surface area contributed by atoms with Gasteiger partial charge in [-0.15, -0.1) is 0 Å². The Morgan fingerprint density at radius 2 is 2.33 bits per heavy atom. The number of amides is 3. The van der Waals surface area contributed by atoms with E-state index in [9.17, 15) is 14.9 Å². The third kappa shape index (κ3) is 1.85. The van der Waals surface area contributed by atoms with Crippen LogP contribution < -0.4 is 10.6 Å². The summed E-state index contributed by atoms with van der Waals surface area (Å²) in [6, 6.07) is 8.72. The van der Waals surface area contributed by atoms with Crippen molar-refractivity contribution in [2.45, 2.75) is 24.8 Å². The molecule has 2 atom stereocenters. The standard InChI is InChI=1S/C15H16N4O2/c1-2-17-14(21)19-9-15(7-10(19)8-16)11-5-3-4-6-12(11)18-13(15)20/h3-6,10H,2,7,9H2,1H3,(H,17,21)(H,18,20)/t10?,15-/m0/s1. The molecule has 1 spiro atoms. The van der Waals surface area contributed by atoms with Crippen LogP contribution in [0.5, 0.6) is 0 Å². The molecule has 1 saturated heterocycles. The molecule has 0 aliphatic carbocycles. The third-order valence-corrected chi connectivity index (χ3v) is 4.22. The maximum absolute atomic E-state index is 12.5. The highest BCUT2D eigenvalue weighted by Crippen LogP contribution is 2.46. The zero-order valence-electron chi connectivity index (χ0n) is 11.7. The van der Waals surface area contributed by atoms with Crippen molar-refractivity contribution in [3.8, 4) is 6.07 Å². The fourth-order valence-electron chi connectivity index (χ4n) is 3.22. The molecule has 3 rings (SSSR count). The second kappa shape index (κ2) is 4.77. The van der Waals surface area contributed by atoms with Crippen molar-refractivity contribution in [1.29, 1.82) is 5.26 Å². The number of urea groups is 1. The van der Waals surface area contributed by atoms with Crippen LogP contribution in [0.15, 0.2) is 24.3 Å². The Hall–Kier alpha value is -2.55. The highest BCUT2D eigenvalue weighted by Gasteiger charge is 2.55. The molecule has 2 N–H and O–H groups in total. The number of nitrogens with one attached hydrogen (secondary N) is 2. The molecule has 6 heteroatoms. The van der Waals surface area contributed by atoms with Crippen molar-refractivity contribution < 1.29 is 9.59 Å². The lowest BCUT2D eigenvalue weighted by Gasteiger charge is -2.22. The number of nitrogens with zero attached hydrogens (tertiary/aromatic N) is 2. The summed E-state index contributed by atoms with van der Waals surface area (Å²) in [6.45, 7) is 2.55. The molecule has 6 nitrogen and oxygen atoms in total. The summed E-state index contributed by atoms with van der Waals surface area (Å²) in [7, 11) is 0. The molecule has 0 saturated carbocycles. The number of likely N-dealkylation sites (tertiary alicyclic amines) is 1. The van der Waals surface area contributed by atoms with Crippen LogP contribution in [-0.2, 0) is 10.2 Å². The second-order valence-electron chi connectivity index (χ2n) is 5.39. The van der Waals surface area contributed by atoms with Crippen LogP contribution in [-0.4, -0.2) is 36.0 Å². The molecule has 0 bridgehead atoms. The Morgan fingerprint density at radius 1 is 1.57 bits per heavy atom. The molecular formula is C15H16N4O2. The van der Waals surface area contributed by atoms with Gasteiger partial charge in [-0.25, -0.2) is 4.79 Å². The lowest BCUT2D eigenvalue weighted by atomic mass is 9.80. The summed E-state index contributed by atoms with van der Waals surface area (Å²) in [5.41, 5.74) is 0.848. The van der Waals surface area contributed by atoms with Gasteiger partial charge in [0.2, 0.25) is 5.91 Å². The van der Waals surface area contributed by atoms with Crippen molar-refractivity contribution in [1.82, 2.24) is 10.2 Å². The van der Waals surface area contributed by atoms with Gasteiger partial charge in [-0.1, -0.05) is 18.2 Å². The summed E-state index contributed by atoms with van der Waals surface area (Å²) >= 11 is 0. The Balaban J connectivity index is 1.99. The lowest BCUT2D eigenvalue weighted by molar-refractivity contribution is -0.120. The normalized spacial score (nSPS) is 26.4. The number of para-hydroxylation sites is 1. The molecule has 1 fully saturated rings. The van der Waals surface area contributed by atoms with Crippen LogP contribution in [0.2, 0.25) is 0 Å². The quantitative estimate of drug-likeness (QED) is 0.812. The van der Waals surface area contributed by atoms with Crippen molar-refractivity contribution in [3.63, 3.8) is 0 Å². The van der Waals surface area contributed by atoms with E-state index >= 15 is 0 Å². The maximum Gasteiger partial charge on any atom is 0.318 e. The molecule has 1 unspecified atom stereocenters. The van der Waals surface area contributed by atoms with Gasteiger partial charge in [0.1, 0.15) is 6.04 Å². The van der Waals surface area contributed by atoms with Crippen LogP contribution in [0.4, 0.5) is 10.5 Å². The zero-order valence-corrected chi connectivity index (χ0v) is 11.7. The summed E-state index contributed by atoms with van der Waals surface area (Å²) in [5, 5.41) is 14.9. The highest BCUT2D eigenvalue weighted by atomic mass is 16.2. The monoisotopic (exact) mass is 284 g/mol. The number of fused-ring (bicyclic) bond motifs is 2. The van der Waals surface area contributed by atoms with E-state index in [1.54, 1.807) is 0 Å². The third-order valence-electron chi connectivity index (χ3n) is 4.22. The number of hydrogen-bond donors (Lipinski definition) is 2. The molecule has 0 aromatic heterocycles. The van der Waals surface area contributed by atoms with Gasteiger partial charge in [-0.05, 0) is 18.6 Å². The van der Waals surface area contributed by atoms with E-state index in [1.165, 1.54) is 4.90 Å². The molecule has 1 aromatic carbocycles. The summed E-state index contributed by atoms with van der Waals surface area (Å²) < 4.78 is 0. The highest BCUT2D eigenvalue weighted by molar-refractivity contribution is 6.07. The van der Waals surface area contributed by atoms with Crippen molar-refractivity contribution >= 4 is 17.6 Å². The van der Waals surface area contributed by atoms with Crippen molar-refractivity contribution in [2.75, 3.05) is 18.4 Å². The smallest absolute Gasteiger partial charge is 0.318 e. The Kier molecular flexibility index (Phi) is 3.05. The van der Waals surface area contributed by atoms with Crippen LogP contribution in [0.3, 0.4) is 0 Å². The van der Waals surface area contributed by atoms with Gasteiger partial charge in [0.15, 0.2) is 0 Å². The first kappa shape index (κ1) is 13.4. The topological polar surface area (TPSA) is 85.2 Å². The molecule has 1 aromatic rings. The molecule has 21 heavy (non-hydrogen) atoms. The van der Waals surface area contributed by atoms with E-state index in [-0.39, 0.29) is 18.5 Å². The average Bonchev–Trinajstić information content (AvgIpc) is 3.00. The zero-order chi connectivity index (χ0) is 15.0. The lowest BCUT2D eigenvalue weighted by Crippen LogP contribution is -2.44. The average molecular weight is 284 g/mol. The summed E-state index contributed by atoms with van der Waals surface area (Å²) in [4.78, 5) is 26.0. The van der Waals surface area contributed by atoms with Gasteiger partial charge in [0, 0.05) is 25.2 Å². The number of carbonyl (C=O) groups excluding carboxylic acids is 2. The molecule has 2 heterocycles. The fourth-order valence-corrected chi connectivity index (χ4v) is 3.22. The number of hydrogen-bond acceptors (Lipinski definition) is 3. The van der Waals surface area contributed by atoms with Crippen LogP contribution >= 0.6 is 0 Å². The number of anilines is 1. The van der Waals surface area contributed by atoms with Crippen molar-refractivity contribution in [2.24, 2.45) is 0 Å². The SMILES string of the molecule is CCNC(=O)N1C[C@]2(CC1C#N)C(=O)Nc1ccccc12. The van der Waals surface area contributed by atoms with Gasteiger partial charge in [0.25, 0.3) is 0 Å². The maximum atomic E-state index is 12.5. The number of rotatable bonds is 1. The molecule has 3 amide bonds. The first-order valence-electron chi connectivity index (χ1n) is 6.97. The molecular weight excluding hydrogens is 268 g/mol. The largest absolute Gasteiger partial charge is 0.338 e. The Bertz CT molecular complexity index is 651. The molecule has 0 radical (unpaired) electrons. The van der Waals surface area contributed by atoms with E-state index in [2.05, 4.69) is 16.7 Å². The van der Waals surface area contributed by atoms with E-state index < -0.39 is 11.5 Å². The van der Waals surface area contributed by atoms with Gasteiger partial charge >= 0.3 is 6.03 Å². The summed E-state index contributed by atoms with van der Waals surface area (Å²) in [5.74, 6) is -0.129. The first-order valence-corrected chi connectivity index (χ1v) is 6.97. The van der Waals surface area contributed by atoms with Crippen LogP contribution in [0.25, 0.3) is 0 Å². The predicted octanol–water partition coefficient (Wildman–Crippen LogP) is 1.20. The second-order valence-corrected chi connectivity index (χ2v) is 5.39.